The number of rotatable bonds is 8. The Morgan fingerprint density at radius 1 is 1.18 bits per heavy atom. The molecule has 1 unspecified atom stereocenters. The molecule has 0 fully saturated rings. The van der Waals surface area contributed by atoms with E-state index in [1.165, 1.54) is 23.6 Å². The first-order valence-electron chi connectivity index (χ1n) is 8.18. The molecule has 2 nitrogen and oxygen atoms in total. The van der Waals surface area contributed by atoms with Crippen LogP contribution in [0.25, 0.3) is 0 Å². The van der Waals surface area contributed by atoms with Gasteiger partial charge < -0.3 is 4.74 Å². The summed E-state index contributed by atoms with van der Waals surface area (Å²) in [5.41, 5.74) is 4.19. The lowest BCUT2D eigenvalue weighted by Gasteiger charge is -2.25. The van der Waals surface area contributed by atoms with E-state index in [2.05, 4.69) is 54.2 Å². The van der Waals surface area contributed by atoms with Crippen LogP contribution in [0.1, 0.15) is 67.7 Å². The molecule has 0 amide bonds. The van der Waals surface area contributed by atoms with Crippen LogP contribution in [0, 0.1) is 11.3 Å². The first-order valence-corrected chi connectivity index (χ1v) is 8.18. The molecule has 0 rings (SSSR count). The smallest absolute Gasteiger partial charge is 0.302 e. The molecule has 126 valence electrons. The molecule has 2 heteroatoms. The van der Waals surface area contributed by atoms with Crippen molar-refractivity contribution in [3.63, 3.8) is 0 Å². The second-order valence-electron chi connectivity index (χ2n) is 7.30. The van der Waals surface area contributed by atoms with Crippen LogP contribution in [0.5, 0.6) is 0 Å². The largest absolute Gasteiger partial charge is 0.462 e. The third kappa shape index (κ3) is 9.59. The van der Waals surface area contributed by atoms with Gasteiger partial charge >= 0.3 is 5.97 Å². The zero-order valence-electron chi connectivity index (χ0n) is 15.6. The number of ether oxygens (including phenoxy) is 1. The molecular weight excluding hydrogens is 272 g/mol. The molecule has 1 atom stereocenters. The van der Waals surface area contributed by atoms with Crippen molar-refractivity contribution in [1.29, 1.82) is 0 Å². The van der Waals surface area contributed by atoms with Crippen molar-refractivity contribution in [2.45, 2.75) is 67.7 Å². The molecule has 0 aliphatic rings. The maximum absolute atomic E-state index is 10.7. The number of carbonyl (C=O) groups excluding carboxylic acids is 1. The normalized spacial score (nSPS) is 14.7. The summed E-state index contributed by atoms with van der Waals surface area (Å²) in [6, 6.07) is 0. The van der Waals surface area contributed by atoms with Gasteiger partial charge in [-0.05, 0) is 50.5 Å². The van der Waals surface area contributed by atoms with E-state index in [0.717, 1.165) is 19.3 Å². The van der Waals surface area contributed by atoms with Crippen LogP contribution < -0.4 is 0 Å². The lowest BCUT2D eigenvalue weighted by Crippen LogP contribution is -2.11. The molecule has 0 heterocycles. The SMILES string of the molecule is C=C(CC(C)/C(C)=C/CC/C(C)=C/COC(C)=O)C(C)(C)C. The minimum atomic E-state index is -0.229. The summed E-state index contributed by atoms with van der Waals surface area (Å²) in [7, 11) is 0. The van der Waals surface area contributed by atoms with Gasteiger partial charge in [-0.3, -0.25) is 4.79 Å². The molecule has 0 saturated carbocycles. The molecule has 0 aromatic heterocycles. The Hall–Kier alpha value is -1.31. The van der Waals surface area contributed by atoms with E-state index in [9.17, 15) is 4.79 Å². The fourth-order valence-corrected chi connectivity index (χ4v) is 1.97. The summed E-state index contributed by atoms with van der Waals surface area (Å²) in [6.07, 6.45) is 7.39. The number of hydrogen-bond acceptors (Lipinski definition) is 2. The Kier molecular flexibility index (Phi) is 9.08. The van der Waals surface area contributed by atoms with E-state index in [-0.39, 0.29) is 11.4 Å². The first kappa shape index (κ1) is 20.7. The highest BCUT2D eigenvalue weighted by Gasteiger charge is 2.17. The van der Waals surface area contributed by atoms with E-state index in [4.69, 9.17) is 4.74 Å². The van der Waals surface area contributed by atoms with E-state index in [0.29, 0.717) is 12.5 Å². The van der Waals surface area contributed by atoms with Crippen molar-refractivity contribution in [1.82, 2.24) is 0 Å². The molecule has 0 aromatic rings. The van der Waals surface area contributed by atoms with Crippen molar-refractivity contribution in [2.24, 2.45) is 11.3 Å². The van der Waals surface area contributed by atoms with Gasteiger partial charge in [-0.1, -0.05) is 57.1 Å². The van der Waals surface area contributed by atoms with Crippen LogP contribution in [0.15, 0.2) is 35.5 Å². The zero-order chi connectivity index (χ0) is 17.3. The lowest BCUT2D eigenvalue weighted by molar-refractivity contribution is -0.139. The molecule has 0 spiro atoms. The van der Waals surface area contributed by atoms with Crippen LogP contribution in [-0.4, -0.2) is 12.6 Å². The Balaban J connectivity index is 4.27. The lowest BCUT2D eigenvalue weighted by atomic mass is 9.81. The number of hydrogen-bond donors (Lipinski definition) is 0. The summed E-state index contributed by atoms with van der Waals surface area (Å²) < 4.78 is 4.91. The second kappa shape index (κ2) is 9.66. The molecule has 0 aliphatic carbocycles. The van der Waals surface area contributed by atoms with E-state index in [1.807, 2.05) is 6.08 Å². The zero-order valence-corrected chi connectivity index (χ0v) is 15.6. The van der Waals surface area contributed by atoms with Gasteiger partial charge in [0.05, 0.1) is 0 Å². The fraction of sp³-hybridized carbons (Fsp3) is 0.650. The van der Waals surface area contributed by atoms with Crippen LogP contribution in [-0.2, 0) is 9.53 Å². The monoisotopic (exact) mass is 306 g/mol. The highest BCUT2D eigenvalue weighted by atomic mass is 16.5. The van der Waals surface area contributed by atoms with Gasteiger partial charge in [-0.15, -0.1) is 0 Å². The van der Waals surface area contributed by atoms with Crippen molar-refractivity contribution in [3.05, 3.63) is 35.5 Å². The average Bonchev–Trinajstić information content (AvgIpc) is 2.36. The average molecular weight is 306 g/mol. The van der Waals surface area contributed by atoms with E-state index >= 15 is 0 Å². The highest BCUT2D eigenvalue weighted by molar-refractivity contribution is 5.66. The maximum atomic E-state index is 10.7. The Bertz CT molecular complexity index is 433. The van der Waals surface area contributed by atoms with Crippen molar-refractivity contribution >= 4 is 5.97 Å². The topological polar surface area (TPSA) is 26.3 Å². The van der Waals surface area contributed by atoms with Crippen molar-refractivity contribution < 1.29 is 9.53 Å². The van der Waals surface area contributed by atoms with Gasteiger partial charge in [0, 0.05) is 6.92 Å². The van der Waals surface area contributed by atoms with Gasteiger partial charge in [0.1, 0.15) is 6.61 Å². The Morgan fingerprint density at radius 3 is 2.27 bits per heavy atom. The Morgan fingerprint density at radius 2 is 1.77 bits per heavy atom. The van der Waals surface area contributed by atoms with Crippen LogP contribution in [0.3, 0.4) is 0 Å². The molecule has 0 aromatic carbocycles. The van der Waals surface area contributed by atoms with Gasteiger partial charge in [-0.25, -0.2) is 0 Å². The molecule has 0 saturated heterocycles. The summed E-state index contributed by atoms with van der Waals surface area (Å²) in [6.45, 7) is 19.3. The van der Waals surface area contributed by atoms with Gasteiger partial charge in [0.15, 0.2) is 0 Å². The van der Waals surface area contributed by atoms with Crippen LogP contribution >= 0.6 is 0 Å². The van der Waals surface area contributed by atoms with Gasteiger partial charge in [-0.2, -0.15) is 0 Å². The molecule has 0 aliphatic heterocycles. The Labute approximate surface area is 137 Å². The third-order valence-corrected chi connectivity index (χ3v) is 4.11. The third-order valence-electron chi connectivity index (χ3n) is 4.11. The molecule has 22 heavy (non-hydrogen) atoms. The van der Waals surface area contributed by atoms with Crippen LogP contribution in [0.4, 0.5) is 0 Å². The van der Waals surface area contributed by atoms with Crippen molar-refractivity contribution in [2.75, 3.05) is 6.61 Å². The highest BCUT2D eigenvalue weighted by Crippen LogP contribution is 2.31. The summed E-state index contributed by atoms with van der Waals surface area (Å²) >= 11 is 0. The van der Waals surface area contributed by atoms with E-state index < -0.39 is 0 Å². The van der Waals surface area contributed by atoms with E-state index in [1.54, 1.807) is 0 Å². The summed E-state index contributed by atoms with van der Waals surface area (Å²) in [4.78, 5) is 10.7. The molecular formula is C20H34O2. The number of allylic oxidation sites excluding steroid dienone is 4. The van der Waals surface area contributed by atoms with Crippen molar-refractivity contribution in [3.8, 4) is 0 Å². The van der Waals surface area contributed by atoms with Gasteiger partial charge in [0.2, 0.25) is 0 Å². The van der Waals surface area contributed by atoms with Crippen LogP contribution in [0.2, 0.25) is 0 Å². The fourth-order valence-electron chi connectivity index (χ4n) is 1.97. The predicted octanol–water partition coefficient (Wildman–Crippen LogP) is 5.85. The first-order chi connectivity index (χ1) is 10.0. The summed E-state index contributed by atoms with van der Waals surface area (Å²) in [5.74, 6) is 0.310. The maximum Gasteiger partial charge on any atom is 0.302 e. The second-order valence-corrected chi connectivity index (χ2v) is 7.30. The quantitative estimate of drug-likeness (QED) is 0.415. The number of esters is 1. The summed E-state index contributed by atoms with van der Waals surface area (Å²) in [5, 5.41) is 0. The number of carbonyl (C=O) groups is 1. The minimum Gasteiger partial charge on any atom is -0.462 e. The minimum absolute atomic E-state index is 0.185. The molecule has 0 bridgehead atoms. The molecule has 0 N–H and O–H groups in total. The predicted molar refractivity (Wildman–Crippen MR) is 95.8 cm³/mol. The van der Waals surface area contributed by atoms with Gasteiger partial charge in [0.25, 0.3) is 0 Å². The molecule has 0 radical (unpaired) electrons. The standard InChI is InChI=1S/C20H34O2/c1-15(12-13-22-19(5)21)10-9-11-16(2)17(3)14-18(4)20(6,7)8/h11-12,17H,4,9-10,13-14H2,1-3,5-8H3/b15-12+,16-11+.